The zero-order valence-corrected chi connectivity index (χ0v) is 12.9. The SMILES string of the molecule is Cc1cccc(N)c1NC(=O)c1cc2c(s1)CCSC2. The standard InChI is InChI=1S/C15H16N2OS2/c1-9-3-2-4-11(16)14(9)17-15(18)13-7-10-8-19-6-5-12(10)20-13/h2-4,7H,5-6,8,16H2,1H3,(H,17,18). The number of rotatable bonds is 2. The molecule has 1 amide bonds. The molecular weight excluding hydrogens is 288 g/mol. The molecule has 3 nitrogen and oxygen atoms in total. The number of thioether (sulfide) groups is 1. The average Bonchev–Trinajstić information content (AvgIpc) is 2.87. The quantitative estimate of drug-likeness (QED) is 0.832. The number of nitrogens with two attached hydrogens (primary N) is 1. The number of benzene rings is 1. The fourth-order valence-corrected chi connectivity index (χ4v) is 4.56. The van der Waals surface area contributed by atoms with Gasteiger partial charge in [0.2, 0.25) is 0 Å². The molecule has 0 unspecified atom stereocenters. The number of anilines is 2. The fourth-order valence-electron chi connectivity index (χ4n) is 2.30. The summed E-state index contributed by atoms with van der Waals surface area (Å²) in [5, 5.41) is 2.94. The Hall–Kier alpha value is -1.46. The van der Waals surface area contributed by atoms with Gasteiger partial charge >= 0.3 is 0 Å². The van der Waals surface area contributed by atoms with Crippen molar-refractivity contribution in [3.8, 4) is 0 Å². The molecule has 0 spiro atoms. The fraction of sp³-hybridized carbons (Fsp3) is 0.267. The lowest BCUT2D eigenvalue weighted by atomic mass is 10.1. The van der Waals surface area contributed by atoms with Crippen molar-refractivity contribution in [2.45, 2.75) is 19.1 Å². The topological polar surface area (TPSA) is 55.1 Å². The van der Waals surface area contributed by atoms with Gasteiger partial charge in [0, 0.05) is 10.6 Å². The summed E-state index contributed by atoms with van der Waals surface area (Å²) < 4.78 is 0. The largest absolute Gasteiger partial charge is 0.397 e. The summed E-state index contributed by atoms with van der Waals surface area (Å²) >= 11 is 3.53. The Kier molecular flexibility index (Phi) is 3.72. The van der Waals surface area contributed by atoms with Crippen LogP contribution in [0, 0.1) is 6.92 Å². The lowest BCUT2D eigenvalue weighted by molar-refractivity contribution is 0.103. The highest BCUT2D eigenvalue weighted by molar-refractivity contribution is 7.98. The van der Waals surface area contributed by atoms with Gasteiger partial charge in [0.05, 0.1) is 16.3 Å². The third-order valence-electron chi connectivity index (χ3n) is 3.40. The van der Waals surface area contributed by atoms with Gasteiger partial charge in [-0.1, -0.05) is 12.1 Å². The first-order valence-corrected chi connectivity index (χ1v) is 8.48. The van der Waals surface area contributed by atoms with Crippen LogP contribution in [0.4, 0.5) is 11.4 Å². The number of fused-ring (bicyclic) bond motifs is 1. The van der Waals surface area contributed by atoms with Crippen LogP contribution in [0.25, 0.3) is 0 Å². The molecule has 104 valence electrons. The molecule has 0 atom stereocenters. The number of carbonyl (C=O) groups is 1. The number of para-hydroxylation sites is 1. The van der Waals surface area contributed by atoms with Gasteiger partial charge in [0.25, 0.3) is 5.91 Å². The molecular formula is C15H16N2OS2. The minimum atomic E-state index is -0.0598. The van der Waals surface area contributed by atoms with Crippen molar-refractivity contribution >= 4 is 40.4 Å². The highest BCUT2D eigenvalue weighted by Gasteiger charge is 2.18. The van der Waals surface area contributed by atoms with E-state index in [0.717, 1.165) is 34.1 Å². The number of aryl methyl sites for hydroxylation is 2. The second-order valence-electron chi connectivity index (χ2n) is 4.85. The van der Waals surface area contributed by atoms with Crippen molar-refractivity contribution in [3.05, 3.63) is 45.1 Å². The molecule has 5 heteroatoms. The lowest BCUT2D eigenvalue weighted by Crippen LogP contribution is -2.12. The van der Waals surface area contributed by atoms with Crippen molar-refractivity contribution in [2.24, 2.45) is 0 Å². The van der Waals surface area contributed by atoms with E-state index in [1.165, 1.54) is 10.4 Å². The zero-order valence-electron chi connectivity index (χ0n) is 11.2. The van der Waals surface area contributed by atoms with Crippen molar-refractivity contribution < 1.29 is 4.79 Å². The van der Waals surface area contributed by atoms with Crippen LogP contribution in [0.2, 0.25) is 0 Å². The molecule has 0 aliphatic carbocycles. The Morgan fingerprint density at radius 3 is 3.00 bits per heavy atom. The van der Waals surface area contributed by atoms with E-state index in [4.69, 9.17) is 5.73 Å². The van der Waals surface area contributed by atoms with E-state index in [9.17, 15) is 4.79 Å². The maximum Gasteiger partial charge on any atom is 0.265 e. The first-order valence-electron chi connectivity index (χ1n) is 6.51. The molecule has 20 heavy (non-hydrogen) atoms. The molecule has 0 radical (unpaired) electrons. The number of nitrogens with one attached hydrogen (secondary N) is 1. The first kappa shape index (κ1) is 13.5. The van der Waals surface area contributed by atoms with Gasteiger partial charge in [-0.25, -0.2) is 0 Å². The van der Waals surface area contributed by atoms with Crippen LogP contribution in [0.5, 0.6) is 0 Å². The first-order chi connectivity index (χ1) is 9.65. The van der Waals surface area contributed by atoms with Gasteiger partial charge in [-0.2, -0.15) is 11.8 Å². The Labute approximate surface area is 126 Å². The van der Waals surface area contributed by atoms with Crippen molar-refractivity contribution in [3.63, 3.8) is 0 Å². The van der Waals surface area contributed by atoms with Crippen LogP contribution in [-0.2, 0) is 12.2 Å². The van der Waals surface area contributed by atoms with Crippen molar-refractivity contribution in [2.75, 3.05) is 16.8 Å². The molecule has 3 rings (SSSR count). The third-order valence-corrected chi connectivity index (χ3v) is 5.64. The molecule has 2 aromatic rings. The highest BCUT2D eigenvalue weighted by atomic mass is 32.2. The van der Waals surface area contributed by atoms with Crippen molar-refractivity contribution in [1.29, 1.82) is 0 Å². The average molecular weight is 304 g/mol. The van der Waals surface area contributed by atoms with E-state index in [2.05, 4.69) is 5.32 Å². The Bertz CT molecular complexity index is 620. The van der Waals surface area contributed by atoms with Gasteiger partial charge in [-0.05, 0) is 42.4 Å². The molecule has 1 aliphatic rings. The molecule has 0 saturated carbocycles. The predicted octanol–water partition coefficient (Wildman–Crippen LogP) is 3.68. The van der Waals surface area contributed by atoms with Gasteiger partial charge in [0.1, 0.15) is 0 Å². The summed E-state index contributed by atoms with van der Waals surface area (Å²) in [5.41, 5.74) is 9.55. The zero-order chi connectivity index (χ0) is 14.1. The molecule has 1 aliphatic heterocycles. The van der Waals surface area contributed by atoms with Crippen LogP contribution in [0.3, 0.4) is 0 Å². The monoisotopic (exact) mass is 304 g/mol. The van der Waals surface area contributed by atoms with E-state index < -0.39 is 0 Å². The van der Waals surface area contributed by atoms with Crippen LogP contribution < -0.4 is 11.1 Å². The van der Waals surface area contributed by atoms with E-state index in [0.29, 0.717) is 5.69 Å². The Morgan fingerprint density at radius 1 is 1.40 bits per heavy atom. The van der Waals surface area contributed by atoms with Gasteiger partial charge in [0.15, 0.2) is 0 Å². The van der Waals surface area contributed by atoms with Gasteiger partial charge in [-0.15, -0.1) is 11.3 Å². The van der Waals surface area contributed by atoms with E-state index in [-0.39, 0.29) is 5.91 Å². The molecule has 2 heterocycles. The molecule has 0 saturated heterocycles. The van der Waals surface area contributed by atoms with Gasteiger partial charge in [-0.3, -0.25) is 4.79 Å². The van der Waals surface area contributed by atoms with Crippen molar-refractivity contribution in [1.82, 2.24) is 0 Å². The van der Waals surface area contributed by atoms with Crippen LogP contribution in [0.1, 0.15) is 25.7 Å². The Balaban J connectivity index is 1.84. The molecule has 0 bridgehead atoms. The van der Waals surface area contributed by atoms with Crippen LogP contribution >= 0.6 is 23.1 Å². The number of hydrogen-bond acceptors (Lipinski definition) is 4. The molecule has 1 aromatic heterocycles. The molecule has 3 N–H and O–H groups in total. The summed E-state index contributed by atoms with van der Waals surface area (Å²) in [6, 6.07) is 7.66. The molecule has 0 fully saturated rings. The number of amides is 1. The Morgan fingerprint density at radius 2 is 2.25 bits per heavy atom. The molecule has 1 aromatic carbocycles. The summed E-state index contributed by atoms with van der Waals surface area (Å²) in [6.07, 6.45) is 1.07. The van der Waals surface area contributed by atoms with E-state index >= 15 is 0 Å². The normalized spacial score (nSPS) is 13.8. The number of hydrogen-bond donors (Lipinski definition) is 2. The predicted molar refractivity (Wildman–Crippen MR) is 87.7 cm³/mol. The summed E-state index contributed by atoms with van der Waals surface area (Å²) in [4.78, 5) is 14.5. The minimum absolute atomic E-state index is 0.0598. The number of carbonyl (C=O) groups excluding carboxylic acids is 1. The third kappa shape index (κ3) is 2.55. The summed E-state index contributed by atoms with van der Waals surface area (Å²) in [6.45, 7) is 1.95. The second kappa shape index (κ2) is 5.50. The minimum Gasteiger partial charge on any atom is -0.397 e. The number of nitrogen functional groups attached to an aromatic ring is 1. The van der Waals surface area contributed by atoms with Crippen LogP contribution in [0.15, 0.2) is 24.3 Å². The highest BCUT2D eigenvalue weighted by Crippen LogP contribution is 2.32. The maximum absolute atomic E-state index is 12.4. The second-order valence-corrected chi connectivity index (χ2v) is 7.10. The summed E-state index contributed by atoms with van der Waals surface area (Å²) in [7, 11) is 0. The van der Waals surface area contributed by atoms with Crippen LogP contribution in [-0.4, -0.2) is 11.7 Å². The maximum atomic E-state index is 12.4. The van der Waals surface area contributed by atoms with Gasteiger partial charge < -0.3 is 11.1 Å². The number of thiophene rings is 1. The van der Waals surface area contributed by atoms with E-state index in [1.54, 1.807) is 17.4 Å². The summed E-state index contributed by atoms with van der Waals surface area (Å²) in [5.74, 6) is 2.11. The lowest BCUT2D eigenvalue weighted by Gasteiger charge is -2.10. The van der Waals surface area contributed by atoms with E-state index in [1.807, 2.05) is 36.9 Å². The smallest absolute Gasteiger partial charge is 0.265 e.